The van der Waals surface area contributed by atoms with E-state index >= 15 is 0 Å². The summed E-state index contributed by atoms with van der Waals surface area (Å²) in [6.07, 6.45) is -4.37. The molecule has 20 heavy (non-hydrogen) atoms. The predicted octanol–water partition coefficient (Wildman–Crippen LogP) is 3.33. The number of hydrazine groups is 1. The van der Waals surface area contributed by atoms with E-state index in [1.807, 2.05) is 13.8 Å². The minimum atomic E-state index is -4.37. The molecule has 1 unspecified atom stereocenters. The zero-order valence-electron chi connectivity index (χ0n) is 11.0. The van der Waals surface area contributed by atoms with Crippen molar-refractivity contribution in [1.29, 1.82) is 0 Å². The van der Waals surface area contributed by atoms with Crippen molar-refractivity contribution in [1.82, 2.24) is 10.4 Å². The first-order chi connectivity index (χ1) is 9.32. The van der Waals surface area contributed by atoms with Gasteiger partial charge in [0.25, 0.3) is 0 Å². The Hall–Kier alpha value is -1.44. The molecule has 0 amide bonds. The number of hydrogen-bond acceptors (Lipinski definition) is 4. The molecule has 0 saturated carbocycles. The van der Waals surface area contributed by atoms with Gasteiger partial charge in [-0.2, -0.15) is 13.2 Å². The zero-order valence-corrected chi connectivity index (χ0v) is 11.8. The lowest BCUT2D eigenvalue weighted by atomic mass is 10.0. The van der Waals surface area contributed by atoms with E-state index in [4.69, 9.17) is 5.84 Å². The first kappa shape index (κ1) is 15.0. The van der Waals surface area contributed by atoms with Crippen LogP contribution in [0.5, 0.6) is 0 Å². The molecule has 3 nitrogen and oxygen atoms in total. The summed E-state index contributed by atoms with van der Waals surface area (Å²) in [4.78, 5) is 5.10. The molecule has 1 heterocycles. The van der Waals surface area contributed by atoms with Crippen LogP contribution in [0, 0.1) is 13.8 Å². The molecule has 0 aliphatic heterocycles. The molecule has 0 saturated heterocycles. The number of halogens is 3. The molecule has 0 fully saturated rings. The molecule has 0 bridgehead atoms. The average molecular weight is 301 g/mol. The van der Waals surface area contributed by atoms with E-state index in [-0.39, 0.29) is 0 Å². The van der Waals surface area contributed by atoms with Gasteiger partial charge in [0.1, 0.15) is 0 Å². The van der Waals surface area contributed by atoms with Crippen LogP contribution in [0.1, 0.15) is 32.7 Å². The van der Waals surface area contributed by atoms with Crippen LogP contribution in [0.3, 0.4) is 0 Å². The van der Waals surface area contributed by atoms with E-state index in [1.165, 1.54) is 17.4 Å². The van der Waals surface area contributed by atoms with Crippen molar-refractivity contribution in [3.05, 3.63) is 51.0 Å². The molecule has 0 aliphatic carbocycles. The predicted molar refractivity (Wildman–Crippen MR) is 72.2 cm³/mol. The number of nitrogens with zero attached hydrogens (tertiary/aromatic N) is 1. The van der Waals surface area contributed by atoms with Crippen LogP contribution in [-0.4, -0.2) is 4.98 Å². The molecule has 0 aliphatic rings. The fourth-order valence-corrected chi connectivity index (χ4v) is 3.05. The van der Waals surface area contributed by atoms with Crippen LogP contribution >= 0.6 is 11.3 Å². The van der Waals surface area contributed by atoms with Gasteiger partial charge in [0.05, 0.1) is 27.2 Å². The van der Waals surface area contributed by atoms with Crippen molar-refractivity contribution < 1.29 is 13.2 Å². The molecule has 1 aromatic heterocycles. The molecular weight excluding hydrogens is 287 g/mol. The highest BCUT2D eigenvalue weighted by Gasteiger charge is 2.31. The third-order valence-corrected chi connectivity index (χ3v) is 4.05. The Bertz CT molecular complexity index is 607. The van der Waals surface area contributed by atoms with E-state index in [0.717, 1.165) is 27.7 Å². The molecule has 1 atom stereocenters. The number of nitrogens with two attached hydrogens (primary N) is 1. The number of nitrogens with one attached hydrogen (secondary N) is 1. The van der Waals surface area contributed by atoms with Crippen LogP contribution < -0.4 is 11.3 Å². The maximum Gasteiger partial charge on any atom is 0.416 e. The van der Waals surface area contributed by atoms with Crippen molar-refractivity contribution in [2.75, 3.05) is 0 Å². The summed E-state index contributed by atoms with van der Waals surface area (Å²) in [6, 6.07) is 4.66. The standard InChI is InChI=1S/C13H14F3N3S/c1-7-12(20-8(2)18-7)11(19-17)9-4-3-5-10(6-9)13(14,15)16/h3-6,11,19H,17H2,1-2H3. The number of rotatable bonds is 3. The highest BCUT2D eigenvalue weighted by Crippen LogP contribution is 2.34. The first-order valence-corrected chi connectivity index (χ1v) is 6.71. The van der Waals surface area contributed by atoms with Gasteiger partial charge >= 0.3 is 6.18 Å². The Morgan fingerprint density at radius 1 is 1.30 bits per heavy atom. The summed E-state index contributed by atoms with van der Waals surface area (Å²) in [5.41, 5.74) is 3.12. The first-order valence-electron chi connectivity index (χ1n) is 5.90. The van der Waals surface area contributed by atoms with E-state index in [0.29, 0.717) is 5.56 Å². The third-order valence-electron chi connectivity index (χ3n) is 2.92. The number of thiazole rings is 1. The van der Waals surface area contributed by atoms with E-state index in [1.54, 1.807) is 6.07 Å². The Labute approximate surface area is 118 Å². The van der Waals surface area contributed by atoms with Crippen molar-refractivity contribution in [3.8, 4) is 0 Å². The van der Waals surface area contributed by atoms with Gasteiger partial charge in [0, 0.05) is 0 Å². The summed E-state index contributed by atoms with van der Waals surface area (Å²) >= 11 is 1.42. The second-order valence-electron chi connectivity index (χ2n) is 4.41. The summed E-state index contributed by atoms with van der Waals surface area (Å²) in [5.74, 6) is 5.52. The maximum atomic E-state index is 12.8. The number of hydrogen-bond donors (Lipinski definition) is 2. The molecular formula is C13H14F3N3S. The average Bonchev–Trinajstić information content (AvgIpc) is 2.69. The molecule has 7 heteroatoms. The van der Waals surface area contributed by atoms with Crippen LogP contribution in [0.25, 0.3) is 0 Å². The fourth-order valence-electron chi connectivity index (χ4n) is 2.03. The summed E-state index contributed by atoms with van der Waals surface area (Å²) in [6.45, 7) is 3.66. The van der Waals surface area contributed by atoms with Gasteiger partial charge in [-0.25, -0.2) is 10.4 Å². The second kappa shape index (κ2) is 5.51. The largest absolute Gasteiger partial charge is 0.416 e. The van der Waals surface area contributed by atoms with E-state index < -0.39 is 17.8 Å². The summed E-state index contributed by atoms with van der Waals surface area (Å²) in [7, 11) is 0. The minimum Gasteiger partial charge on any atom is -0.271 e. The topological polar surface area (TPSA) is 50.9 Å². The number of benzene rings is 1. The lowest BCUT2D eigenvalue weighted by Gasteiger charge is -2.17. The van der Waals surface area contributed by atoms with E-state index in [2.05, 4.69) is 10.4 Å². The lowest BCUT2D eigenvalue weighted by molar-refractivity contribution is -0.137. The van der Waals surface area contributed by atoms with Gasteiger partial charge in [-0.1, -0.05) is 12.1 Å². The third kappa shape index (κ3) is 3.00. The lowest BCUT2D eigenvalue weighted by Crippen LogP contribution is -2.29. The normalized spacial score (nSPS) is 13.5. The van der Waals surface area contributed by atoms with Gasteiger partial charge in [0.2, 0.25) is 0 Å². The smallest absolute Gasteiger partial charge is 0.271 e. The SMILES string of the molecule is Cc1nc(C)c(C(NN)c2cccc(C(F)(F)F)c2)s1. The van der Waals surface area contributed by atoms with Gasteiger partial charge in [0.15, 0.2) is 0 Å². The highest BCUT2D eigenvalue weighted by molar-refractivity contribution is 7.11. The van der Waals surface area contributed by atoms with Crippen LogP contribution in [0.2, 0.25) is 0 Å². The molecule has 0 spiro atoms. The van der Waals surface area contributed by atoms with Gasteiger partial charge in [-0.3, -0.25) is 5.84 Å². The number of aryl methyl sites for hydroxylation is 2. The molecule has 2 rings (SSSR count). The zero-order chi connectivity index (χ0) is 14.9. The molecule has 3 N–H and O–H groups in total. The van der Waals surface area contributed by atoms with Crippen molar-refractivity contribution in [2.45, 2.75) is 26.1 Å². The Kier molecular flexibility index (Phi) is 4.12. The Balaban J connectivity index is 2.45. The Morgan fingerprint density at radius 2 is 2.00 bits per heavy atom. The number of aromatic nitrogens is 1. The summed E-state index contributed by atoms with van der Waals surface area (Å²) in [5, 5.41) is 0.852. The van der Waals surface area contributed by atoms with Gasteiger partial charge in [-0.05, 0) is 31.5 Å². The van der Waals surface area contributed by atoms with E-state index in [9.17, 15) is 13.2 Å². The monoisotopic (exact) mass is 301 g/mol. The fraction of sp³-hybridized carbons (Fsp3) is 0.308. The quantitative estimate of drug-likeness (QED) is 0.675. The molecule has 1 aromatic carbocycles. The van der Waals surface area contributed by atoms with Crippen molar-refractivity contribution >= 4 is 11.3 Å². The van der Waals surface area contributed by atoms with Gasteiger partial charge in [-0.15, -0.1) is 11.3 Å². The maximum absolute atomic E-state index is 12.8. The van der Waals surface area contributed by atoms with Crippen molar-refractivity contribution in [3.63, 3.8) is 0 Å². The minimum absolute atomic E-state index is 0.467. The molecule has 0 radical (unpaired) electrons. The molecule has 108 valence electrons. The van der Waals surface area contributed by atoms with Crippen LogP contribution in [0.4, 0.5) is 13.2 Å². The summed E-state index contributed by atoms with van der Waals surface area (Å²) < 4.78 is 38.3. The number of alkyl halides is 3. The van der Waals surface area contributed by atoms with Crippen LogP contribution in [0.15, 0.2) is 24.3 Å². The second-order valence-corrected chi connectivity index (χ2v) is 5.64. The molecule has 2 aromatic rings. The van der Waals surface area contributed by atoms with Crippen LogP contribution in [-0.2, 0) is 6.18 Å². The van der Waals surface area contributed by atoms with Gasteiger partial charge < -0.3 is 0 Å². The highest BCUT2D eigenvalue weighted by atomic mass is 32.1. The van der Waals surface area contributed by atoms with Crippen molar-refractivity contribution in [2.24, 2.45) is 5.84 Å². The Morgan fingerprint density at radius 3 is 2.50 bits per heavy atom.